The molecule has 0 bridgehead atoms. The number of rotatable bonds is 7. The molecule has 0 aromatic heterocycles. The first-order valence-corrected chi connectivity index (χ1v) is 9.11. The molecule has 9 heteroatoms. The van der Waals surface area contributed by atoms with Gasteiger partial charge in [0.1, 0.15) is 5.75 Å². The molecule has 1 saturated heterocycles. The maximum absolute atomic E-state index is 12.5. The Labute approximate surface area is 149 Å². The number of hydrogen-bond acceptors (Lipinski definition) is 5. The smallest absolute Gasteiger partial charge is 0.240 e. The normalized spacial score (nSPS) is 17.2. The van der Waals surface area contributed by atoms with Crippen molar-refractivity contribution in [3.05, 3.63) is 23.8 Å². The van der Waals surface area contributed by atoms with Crippen LogP contribution < -0.4 is 20.1 Å². The number of carbonyl (C=O) groups excluding carboxylic acids is 1. The topological polar surface area (TPSA) is 96.5 Å². The van der Waals surface area contributed by atoms with Gasteiger partial charge in [-0.15, -0.1) is 12.4 Å². The van der Waals surface area contributed by atoms with Crippen LogP contribution >= 0.6 is 12.4 Å². The predicted octanol–water partition coefficient (Wildman–Crippen LogP) is 0.783. The van der Waals surface area contributed by atoms with Gasteiger partial charge in [-0.05, 0) is 31.2 Å². The third-order valence-corrected chi connectivity index (χ3v) is 5.26. The van der Waals surface area contributed by atoms with Crippen molar-refractivity contribution in [2.45, 2.75) is 37.2 Å². The number of methoxy groups -OCH3 is 1. The van der Waals surface area contributed by atoms with E-state index in [0.717, 1.165) is 13.0 Å². The molecule has 3 N–H and O–H groups in total. The highest BCUT2D eigenvalue weighted by molar-refractivity contribution is 7.89. The van der Waals surface area contributed by atoms with E-state index in [0.29, 0.717) is 24.3 Å². The molecule has 0 spiro atoms. The second kappa shape index (κ2) is 9.22. The number of benzene rings is 1. The summed E-state index contributed by atoms with van der Waals surface area (Å²) < 4.78 is 32.9. The maximum atomic E-state index is 12.5. The minimum Gasteiger partial charge on any atom is -0.496 e. The van der Waals surface area contributed by atoms with Crippen molar-refractivity contribution in [2.24, 2.45) is 0 Å². The Morgan fingerprint density at radius 3 is 2.75 bits per heavy atom. The first-order chi connectivity index (χ1) is 11.0. The van der Waals surface area contributed by atoms with Crippen molar-refractivity contribution in [3.8, 4) is 5.75 Å². The van der Waals surface area contributed by atoms with Crippen LogP contribution in [0.1, 0.15) is 25.3 Å². The van der Waals surface area contributed by atoms with Crippen LogP contribution in [-0.2, 0) is 21.4 Å². The van der Waals surface area contributed by atoms with Gasteiger partial charge in [-0.3, -0.25) is 4.79 Å². The molecule has 0 radical (unpaired) electrons. The monoisotopic (exact) mass is 377 g/mol. The first-order valence-electron chi connectivity index (χ1n) is 7.63. The summed E-state index contributed by atoms with van der Waals surface area (Å²) in [6.07, 6.45) is 1.14. The third kappa shape index (κ3) is 5.34. The molecule has 1 atom stereocenters. The van der Waals surface area contributed by atoms with E-state index in [9.17, 15) is 13.2 Å². The standard InChI is InChI=1S/C15H23N3O4S.ClH/c1-3-15(19)17-9-11-8-13(4-5-14(11)22-2)23(20,21)18-12-6-7-16-10-12;/h4-5,8,12,16,18H,3,6-7,9-10H2,1-2H3,(H,17,19);1H. The lowest BCUT2D eigenvalue weighted by Crippen LogP contribution is -2.36. The van der Waals surface area contributed by atoms with Crippen LogP contribution in [0.5, 0.6) is 5.75 Å². The maximum Gasteiger partial charge on any atom is 0.240 e. The molecule has 1 aromatic carbocycles. The summed E-state index contributed by atoms with van der Waals surface area (Å²) >= 11 is 0. The van der Waals surface area contributed by atoms with E-state index in [1.807, 2.05) is 0 Å². The molecule has 0 saturated carbocycles. The fourth-order valence-electron chi connectivity index (χ4n) is 2.42. The molecule has 1 amide bonds. The summed E-state index contributed by atoms with van der Waals surface area (Å²) in [6, 6.07) is 4.56. The van der Waals surface area contributed by atoms with E-state index in [2.05, 4.69) is 15.4 Å². The lowest BCUT2D eigenvalue weighted by atomic mass is 10.2. The molecule has 2 rings (SSSR count). The van der Waals surface area contributed by atoms with Gasteiger partial charge in [0.25, 0.3) is 0 Å². The second-order valence-corrected chi connectivity index (χ2v) is 7.13. The number of carbonyl (C=O) groups is 1. The molecule has 1 heterocycles. The number of hydrogen-bond donors (Lipinski definition) is 3. The van der Waals surface area contributed by atoms with Gasteiger partial charge in [-0.2, -0.15) is 0 Å². The van der Waals surface area contributed by atoms with Crippen molar-refractivity contribution < 1.29 is 17.9 Å². The summed E-state index contributed by atoms with van der Waals surface area (Å²) in [5.41, 5.74) is 0.627. The van der Waals surface area contributed by atoms with E-state index in [1.165, 1.54) is 13.2 Å². The van der Waals surface area contributed by atoms with Gasteiger partial charge < -0.3 is 15.4 Å². The highest BCUT2D eigenvalue weighted by Gasteiger charge is 2.23. The van der Waals surface area contributed by atoms with Gasteiger partial charge in [0, 0.05) is 31.1 Å². The van der Waals surface area contributed by atoms with Crippen LogP contribution in [0.15, 0.2) is 23.1 Å². The minimum absolute atomic E-state index is 0. The van der Waals surface area contributed by atoms with E-state index in [-0.39, 0.29) is 35.8 Å². The van der Waals surface area contributed by atoms with E-state index >= 15 is 0 Å². The summed E-state index contributed by atoms with van der Waals surface area (Å²) in [7, 11) is -2.08. The van der Waals surface area contributed by atoms with Crippen molar-refractivity contribution >= 4 is 28.3 Å². The molecule has 1 fully saturated rings. The number of sulfonamides is 1. The molecular weight excluding hydrogens is 354 g/mol. The predicted molar refractivity (Wildman–Crippen MR) is 94.0 cm³/mol. The molecule has 7 nitrogen and oxygen atoms in total. The molecule has 1 aliphatic rings. The highest BCUT2D eigenvalue weighted by atomic mass is 35.5. The Bertz CT molecular complexity index is 661. The third-order valence-electron chi connectivity index (χ3n) is 3.74. The minimum atomic E-state index is -3.59. The zero-order valence-corrected chi connectivity index (χ0v) is 15.4. The van der Waals surface area contributed by atoms with Gasteiger partial charge in [0.2, 0.25) is 15.9 Å². The molecule has 0 aliphatic carbocycles. The van der Waals surface area contributed by atoms with Gasteiger partial charge in [-0.25, -0.2) is 13.1 Å². The average molecular weight is 378 g/mol. The molecule has 1 aliphatic heterocycles. The van der Waals surface area contributed by atoms with Gasteiger partial charge in [0.15, 0.2) is 0 Å². The van der Waals surface area contributed by atoms with Crippen LogP contribution in [0.2, 0.25) is 0 Å². The first kappa shape index (κ1) is 20.7. The fourth-order valence-corrected chi connectivity index (χ4v) is 3.74. The average Bonchev–Trinajstić information content (AvgIpc) is 3.04. The molecule has 24 heavy (non-hydrogen) atoms. The second-order valence-electron chi connectivity index (χ2n) is 5.41. The number of amides is 1. The van der Waals surface area contributed by atoms with Crippen molar-refractivity contribution in [1.82, 2.24) is 15.4 Å². The number of ether oxygens (including phenoxy) is 1. The lowest BCUT2D eigenvalue weighted by molar-refractivity contribution is -0.120. The van der Waals surface area contributed by atoms with E-state index in [4.69, 9.17) is 4.74 Å². The zero-order chi connectivity index (χ0) is 16.9. The Morgan fingerprint density at radius 1 is 1.42 bits per heavy atom. The van der Waals surface area contributed by atoms with Gasteiger partial charge in [0.05, 0.1) is 12.0 Å². The summed E-state index contributed by atoms with van der Waals surface area (Å²) in [5, 5.41) is 5.85. The Hall–Kier alpha value is -1.35. The van der Waals surface area contributed by atoms with Crippen LogP contribution in [0.3, 0.4) is 0 Å². The van der Waals surface area contributed by atoms with Crippen LogP contribution in [0.25, 0.3) is 0 Å². The Morgan fingerprint density at radius 2 is 2.17 bits per heavy atom. The molecule has 136 valence electrons. The summed E-state index contributed by atoms with van der Waals surface area (Å²) in [6.45, 7) is 3.43. The van der Waals surface area contributed by atoms with Crippen LogP contribution in [-0.4, -0.2) is 40.6 Å². The quantitative estimate of drug-likeness (QED) is 0.652. The largest absolute Gasteiger partial charge is 0.496 e. The Kier molecular flexibility index (Phi) is 7.95. The lowest BCUT2D eigenvalue weighted by Gasteiger charge is -2.15. The van der Waals surface area contributed by atoms with Crippen molar-refractivity contribution in [2.75, 3.05) is 20.2 Å². The number of nitrogens with one attached hydrogen (secondary N) is 3. The van der Waals surface area contributed by atoms with Crippen molar-refractivity contribution in [3.63, 3.8) is 0 Å². The Balaban J connectivity index is 0.00000288. The molecule has 1 unspecified atom stereocenters. The van der Waals surface area contributed by atoms with Crippen molar-refractivity contribution in [1.29, 1.82) is 0 Å². The fraction of sp³-hybridized carbons (Fsp3) is 0.533. The van der Waals surface area contributed by atoms with Crippen LogP contribution in [0, 0.1) is 0 Å². The number of halogens is 1. The highest BCUT2D eigenvalue weighted by Crippen LogP contribution is 2.23. The molecular formula is C15H24ClN3O4S. The van der Waals surface area contributed by atoms with Gasteiger partial charge in [-0.1, -0.05) is 6.92 Å². The van der Waals surface area contributed by atoms with Crippen LogP contribution in [0.4, 0.5) is 0 Å². The van der Waals surface area contributed by atoms with E-state index < -0.39 is 10.0 Å². The zero-order valence-electron chi connectivity index (χ0n) is 13.8. The van der Waals surface area contributed by atoms with Gasteiger partial charge >= 0.3 is 0 Å². The summed E-state index contributed by atoms with van der Waals surface area (Å²) in [4.78, 5) is 11.6. The SMILES string of the molecule is CCC(=O)NCc1cc(S(=O)(=O)NC2CCNC2)ccc1OC.Cl. The molecule has 1 aromatic rings. The summed E-state index contributed by atoms with van der Waals surface area (Å²) in [5.74, 6) is 0.443. The van der Waals surface area contributed by atoms with E-state index in [1.54, 1.807) is 19.1 Å².